The van der Waals surface area contributed by atoms with Crippen LogP contribution >= 0.6 is 27.3 Å². The number of carbonyl (C=O) groups excluding carboxylic acids is 1. The van der Waals surface area contributed by atoms with Crippen LogP contribution in [0.2, 0.25) is 0 Å². The highest BCUT2D eigenvalue weighted by molar-refractivity contribution is 9.10. The Kier molecular flexibility index (Phi) is 5.09. The molecule has 0 aliphatic carbocycles. The standard InChI is InChI=1S/C15H15BrN2OS/c1-10(13-5-3-4-6-14(13)16)17-15(19)8-7-12-9-20-11(2)18-12/h3-10H,1-2H3,(H,17,19)/b8-7+. The summed E-state index contributed by atoms with van der Waals surface area (Å²) in [5.41, 5.74) is 1.87. The molecule has 0 spiro atoms. The predicted molar refractivity (Wildman–Crippen MR) is 86.6 cm³/mol. The van der Waals surface area contributed by atoms with Crippen molar-refractivity contribution in [3.8, 4) is 0 Å². The Labute approximate surface area is 130 Å². The summed E-state index contributed by atoms with van der Waals surface area (Å²) in [6, 6.07) is 7.80. The Hall–Kier alpha value is -1.46. The molecule has 1 aromatic heterocycles. The second-order valence-corrected chi connectivity index (χ2v) is 6.29. The van der Waals surface area contributed by atoms with Gasteiger partial charge in [-0.05, 0) is 31.6 Å². The van der Waals surface area contributed by atoms with Crippen molar-refractivity contribution in [2.24, 2.45) is 0 Å². The maximum atomic E-state index is 11.9. The number of benzene rings is 1. The van der Waals surface area contributed by atoms with Crippen LogP contribution in [-0.2, 0) is 4.79 Å². The Morgan fingerprint density at radius 2 is 2.20 bits per heavy atom. The first-order chi connectivity index (χ1) is 9.56. The zero-order chi connectivity index (χ0) is 14.5. The van der Waals surface area contributed by atoms with Crippen LogP contribution in [0.4, 0.5) is 0 Å². The number of halogens is 1. The minimum Gasteiger partial charge on any atom is -0.346 e. The summed E-state index contributed by atoms with van der Waals surface area (Å²) >= 11 is 5.06. The minimum absolute atomic E-state index is 0.0557. The van der Waals surface area contributed by atoms with Gasteiger partial charge in [0.2, 0.25) is 5.91 Å². The van der Waals surface area contributed by atoms with Gasteiger partial charge in [0.25, 0.3) is 0 Å². The molecule has 2 aromatic rings. The van der Waals surface area contributed by atoms with E-state index in [1.807, 2.05) is 43.5 Å². The molecule has 20 heavy (non-hydrogen) atoms. The van der Waals surface area contributed by atoms with Crippen molar-refractivity contribution >= 4 is 39.2 Å². The molecule has 0 saturated carbocycles. The third kappa shape index (κ3) is 4.02. The van der Waals surface area contributed by atoms with E-state index in [1.165, 1.54) is 6.08 Å². The topological polar surface area (TPSA) is 42.0 Å². The molecule has 5 heteroatoms. The largest absolute Gasteiger partial charge is 0.346 e. The predicted octanol–water partition coefficient (Wildman–Crippen LogP) is 4.10. The van der Waals surface area contributed by atoms with Crippen LogP contribution in [0.25, 0.3) is 6.08 Å². The van der Waals surface area contributed by atoms with Crippen LogP contribution in [-0.4, -0.2) is 10.9 Å². The van der Waals surface area contributed by atoms with Crippen LogP contribution in [0.1, 0.15) is 29.2 Å². The number of amides is 1. The fourth-order valence-corrected chi connectivity index (χ4v) is 2.99. The van der Waals surface area contributed by atoms with Crippen LogP contribution in [0.15, 0.2) is 40.2 Å². The zero-order valence-corrected chi connectivity index (χ0v) is 13.7. The number of aromatic nitrogens is 1. The van der Waals surface area contributed by atoms with Gasteiger partial charge in [0, 0.05) is 15.9 Å². The van der Waals surface area contributed by atoms with E-state index in [0.29, 0.717) is 0 Å². The lowest BCUT2D eigenvalue weighted by Crippen LogP contribution is -2.24. The Morgan fingerprint density at radius 1 is 1.45 bits per heavy atom. The molecule has 0 fully saturated rings. The maximum absolute atomic E-state index is 11.9. The van der Waals surface area contributed by atoms with Gasteiger partial charge in [0.15, 0.2) is 0 Å². The number of thiazole rings is 1. The van der Waals surface area contributed by atoms with Crippen molar-refractivity contribution in [1.29, 1.82) is 0 Å². The van der Waals surface area contributed by atoms with E-state index in [1.54, 1.807) is 17.4 Å². The molecule has 0 aliphatic heterocycles. The monoisotopic (exact) mass is 350 g/mol. The lowest BCUT2D eigenvalue weighted by atomic mass is 10.1. The Bertz CT molecular complexity index is 636. The molecule has 1 amide bonds. The van der Waals surface area contributed by atoms with Crippen molar-refractivity contribution in [2.75, 3.05) is 0 Å². The average Bonchev–Trinajstić information content (AvgIpc) is 2.82. The second-order valence-electron chi connectivity index (χ2n) is 4.38. The molecule has 1 heterocycles. The Balaban J connectivity index is 1.98. The van der Waals surface area contributed by atoms with Crippen molar-refractivity contribution in [2.45, 2.75) is 19.9 Å². The fraction of sp³-hybridized carbons (Fsp3) is 0.200. The molecule has 104 valence electrons. The summed E-state index contributed by atoms with van der Waals surface area (Å²) < 4.78 is 0.993. The van der Waals surface area contributed by atoms with Gasteiger partial charge in [-0.1, -0.05) is 34.1 Å². The number of hydrogen-bond acceptors (Lipinski definition) is 3. The van der Waals surface area contributed by atoms with E-state index in [0.717, 1.165) is 20.7 Å². The molecule has 2 rings (SSSR count). The SMILES string of the molecule is Cc1nc(/C=C/C(=O)NC(C)c2ccccc2Br)cs1. The highest BCUT2D eigenvalue weighted by Gasteiger charge is 2.10. The first-order valence-electron chi connectivity index (χ1n) is 6.21. The third-order valence-corrected chi connectivity index (χ3v) is 4.29. The molecule has 0 bridgehead atoms. The lowest BCUT2D eigenvalue weighted by Gasteiger charge is -2.14. The summed E-state index contributed by atoms with van der Waals surface area (Å²) in [7, 11) is 0. The van der Waals surface area contributed by atoms with Gasteiger partial charge >= 0.3 is 0 Å². The number of hydrogen-bond donors (Lipinski definition) is 1. The number of nitrogens with one attached hydrogen (secondary N) is 1. The van der Waals surface area contributed by atoms with Crippen LogP contribution in [0.5, 0.6) is 0 Å². The van der Waals surface area contributed by atoms with Crippen molar-refractivity contribution in [3.63, 3.8) is 0 Å². The van der Waals surface area contributed by atoms with Gasteiger partial charge in [-0.2, -0.15) is 0 Å². The van der Waals surface area contributed by atoms with Gasteiger partial charge in [0.05, 0.1) is 16.7 Å². The molecular weight excluding hydrogens is 336 g/mol. The van der Waals surface area contributed by atoms with E-state index in [9.17, 15) is 4.79 Å². The molecule has 1 atom stereocenters. The van der Waals surface area contributed by atoms with E-state index < -0.39 is 0 Å². The molecule has 3 nitrogen and oxygen atoms in total. The molecular formula is C15H15BrN2OS. The summed E-state index contributed by atoms with van der Waals surface area (Å²) in [6.45, 7) is 3.90. The van der Waals surface area contributed by atoms with Crippen LogP contribution in [0.3, 0.4) is 0 Å². The van der Waals surface area contributed by atoms with E-state index in [2.05, 4.69) is 26.2 Å². The molecule has 0 aliphatic rings. The average molecular weight is 351 g/mol. The smallest absolute Gasteiger partial charge is 0.244 e. The van der Waals surface area contributed by atoms with Crippen molar-refractivity contribution in [1.82, 2.24) is 10.3 Å². The molecule has 0 radical (unpaired) electrons. The van der Waals surface area contributed by atoms with Crippen LogP contribution in [0, 0.1) is 6.92 Å². The number of carbonyl (C=O) groups is 1. The van der Waals surface area contributed by atoms with Crippen molar-refractivity contribution in [3.05, 3.63) is 56.5 Å². The summed E-state index contributed by atoms with van der Waals surface area (Å²) in [4.78, 5) is 16.2. The van der Waals surface area contributed by atoms with Gasteiger partial charge in [0.1, 0.15) is 0 Å². The van der Waals surface area contributed by atoms with Crippen LogP contribution < -0.4 is 5.32 Å². The number of nitrogens with zero attached hydrogens (tertiary/aromatic N) is 1. The van der Waals surface area contributed by atoms with Crippen molar-refractivity contribution < 1.29 is 4.79 Å². The molecule has 1 unspecified atom stereocenters. The highest BCUT2D eigenvalue weighted by Crippen LogP contribution is 2.22. The second kappa shape index (κ2) is 6.81. The molecule has 0 saturated heterocycles. The molecule has 1 aromatic carbocycles. The third-order valence-electron chi connectivity index (χ3n) is 2.77. The summed E-state index contributed by atoms with van der Waals surface area (Å²) in [6.07, 6.45) is 3.24. The summed E-state index contributed by atoms with van der Waals surface area (Å²) in [5.74, 6) is -0.126. The minimum atomic E-state index is -0.126. The normalized spacial score (nSPS) is 12.6. The van der Waals surface area contributed by atoms with Gasteiger partial charge in [-0.3, -0.25) is 4.79 Å². The first-order valence-corrected chi connectivity index (χ1v) is 7.88. The number of aryl methyl sites for hydroxylation is 1. The van der Waals surface area contributed by atoms with Gasteiger partial charge in [-0.15, -0.1) is 11.3 Å². The zero-order valence-electron chi connectivity index (χ0n) is 11.3. The summed E-state index contributed by atoms with van der Waals surface area (Å²) in [5, 5.41) is 5.85. The highest BCUT2D eigenvalue weighted by atomic mass is 79.9. The number of rotatable bonds is 4. The first kappa shape index (κ1) is 14.9. The maximum Gasteiger partial charge on any atom is 0.244 e. The van der Waals surface area contributed by atoms with Gasteiger partial charge < -0.3 is 5.32 Å². The fourth-order valence-electron chi connectivity index (χ4n) is 1.78. The van der Waals surface area contributed by atoms with E-state index >= 15 is 0 Å². The van der Waals surface area contributed by atoms with E-state index in [-0.39, 0.29) is 11.9 Å². The quantitative estimate of drug-likeness (QED) is 0.843. The van der Waals surface area contributed by atoms with E-state index in [4.69, 9.17) is 0 Å². The van der Waals surface area contributed by atoms with Gasteiger partial charge in [-0.25, -0.2) is 4.98 Å². The Morgan fingerprint density at radius 3 is 2.85 bits per heavy atom. The molecule has 1 N–H and O–H groups in total. The lowest BCUT2D eigenvalue weighted by molar-refractivity contribution is -0.117.